The Kier molecular flexibility index (Phi) is 16.6. The van der Waals surface area contributed by atoms with E-state index in [1.807, 2.05) is 0 Å². The van der Waals surface area contributed by atoms with Crippen LogP contribution in [0, 0.1) is 0 Å². The van der Waals surface area contributed by atoms with Gasteiger partial charge in [-0.15, -0.1) is 0 Å². The summed E-state index contributed by atoms with van der Waals surface area (Å²) in [6.07, 6.45) is 0. The van der Waals surface area contributed by atoms with E-state index in [1.54, 1.807) is 0 Å². The van der Waals surface area contributed by atoms with Crippen LogP contribution in [0.5, 0.6) is 0 Å². The molecular formula is H3KMn2O12S. The molecule has 96 valence electrons. The van der Waals surface area contributed by atoms with E-state index in [0.29, 0.717) is 0 Å². The molecule has 0 amide bonds. The van der Waals surface area contributed by atoms with Gasteiger partial charge in [-0.25, -0.2) is 0 Å². The zero-order chi connectivity index (χ0) is 13.5. The van der Waals surface area contributed by atoms with Gasteiger partial charge < -0.3 is 0 Å². The maximum atomic E-state index is 8.74. The first kappa shape index (κ1) is 26.0. The van der Waals surface area contributed by atoms with Gasteiger partial charge in [0.05, 0.1) is 0 Å². The molecule has 12 nitrogen and oxygen atoms in total. The summed E-state index contributed by atoms with van der Waals surface area (Å²) in [7, 11) is -4.67. The Morgan fingerprint density at radius 2 is 0.875 bits per heavy atom. The van der Waals surface area contributed by atoms with Crippen LogP contribution >= 0.6 is 0 Å². The van der Waals surface area contributed by atoms with E-state index >= 15 is 0 Å². The molecule has 0 aromatic carbocycles. The zero-order valence-corrected chi connectivity index (χ0v) is 13.5. The number of hydrogen-bond donors (Lipinski definition) is 3. The van der Waals surface area contributed by atoms with Gasteiger partial charge in [0.1, 0.15) is 0 Å². The van der Waals surface area contributed by atoms with Crippen molar-refractivity contribution < 1.29 is 126 Å². The fourth-order valence-corrected chi connectivity index (χ4v) is 0. The van der Waals surface area contributed by atoms with Gasteiger partial charge in [-0.2, -0.15) is 8.42 Å². The second-order valence-electron chi connectivity index (χ2n) is 1.22. The number of rotatable bonds is 0. The first-order valence-electron chi connectivity index (χ1n) is 1.95. The molecule has 0 heterocycles. The molecule has 0 aliphatic rings. The second kappa shape index (κ2) is 10.2. The standard InChI is InChI=1S/K.2Mn.H2O4S.H2O.7O/c;;;1-5(2,3)4;;;;;;;;/h;;;(H2,1,2,3,4);1H2;;;;;;;/q+1;;+1;;;;;;;;;-1/p-1. The molecule has 3 N–H and O–H groups in total. The summed E-state index contributed by atoms with van der Waals surface area (Å²) in [5.41, 5.74) is 0. The van der Waals surface area contributed by atoms with Gasteiger partial charge in [0.15, 0.2) is 0 Å². The first-order chi connectivity index (χ1) is 6.00. The molecule has 0 unspecified atom stereocenters. The molecule has 0 aliphatic carbocycles. The molecule has 0 aromatic rings. The summed E-state index contributed by atoms with van der Waals surface area (Å²) >= 11 is -11.0. The van der Waals surface area contributed by atoms with Crippen molar-refractivity contribution in [3.63, 3.8) is 0 Å². The quantitative estimate of drug-likeness (QED) is 0.265. The number of hydrogen-bond acceptors (Lipinski definition) is 9. The molecule has 0 radical (unpaired) electrons. The van der Waals surface area contributed by atoms with E-state index in [1.165, 1.54) is 0 Å². The monoisotopic (exact) mass is 376 g/mol. The van der Waals surface area contributed by atoms with Crippen LogP contribution in [0.2, 0.25) is 0 Å². The van der Waals surface area contributed by atoms with Crippen LogP contribution in [0.3, 0.4) is 0 Å². The van der Waals surface area contributed by atoms with Gasteiger partial charge >= 0.3 is 119 Å². The summed E-state index contributed by atoms with van der Waals surface area (Å²) in [4.78, 5) is 0. The van der Waals surface area contributed by atoms with E-state index in [2.05, 4.69) is 0 Å². The SMILES string of the molecule is O=S(=O)(O)O.[K+].[O]=[Mn](=[O])(=[O])[O-].[O]=[Mn](=[O])(=[O])[OH]. The van der Waals surface area contributed by atoms with Gasteiger partial charge in [-0.05, 0) is 0 Å². The van der Waals surface area contributed by atoms with Crippen molar-refractivity contribution in [1.29, 1.82) is 0 Å². The summed E-state index contributed by atoms with van der Waals surface area (Å²) in [6, 6.07) is 0. The van der Waals surface area contributed by atoms with E-state index in [0.717, 1.165) is 0 Å². The third kappa shape index (κ3) is 1940. The fourth-order valence-electron chi connectivity index (χ4n) is 0. The van der Waals surface area contributed by atoms with Crippen LogP contribution in [0.15, 0.2) is 0 Å². The average Bonchev–Trinajstić information content (AvgIpc) is 1.41. The average molecular weight is 376 g/mol. The van der Waals surface area contributed by atoms with Gasteiger partial charge in [-0.3, -0.25) is 9.11 Å². The van der Waals surface area contributed by atoms with Crippen molar-refractivity contribution >= 4 is 10.4 Å². The fraction of sp³-hybridized carbons (Fsp3) is 0. The van der Waals surface area contributed by atoms with E-state index in [-0.39, 0.29) is 51.4 Å². The Hall–Kier alpha value is 1.27. The summed E-state index contributed by atoms with van der Waals surface area (Å²) in [5.74, 6) is 0. The predicted octanol–water partition coefficient (Wildman–Crippen LogP) is -6.11. The van der Waals surface area contributed by atoms with Gasteiger partial charge in [0, 0.05) is 0 Å². The predicted molar refractivity (Wildman–Crippen MR) is 20.5 cm³/mol. The van der Waals surface area contributed by atoms with Crippen LogP contribution in [0.4, 0.5) is 0 Å². The van der Waals surface area contributed by atoms with Crippen molar-refractivity contribution in [1.82, 2.24) is 0 Å². The molecule has 0 saturated heterocycles. The van der Waals surface area contributed by atoms with Crippen molar-refractivity contribution in [2.45, 2.75) is 0 Å². The summed E-state index contributed by atoms with van der Waals surface area (Å²) < 4.78 is 99.0. The minimum absolute atomic E-state index is 0. The third-order valence-corrected chi connectivity index (χ3v) is 0. The van der Waals surface area contributed by atoms with Gasteiger partial charge in [0.2, 0.25) is 0 Å². The zero-order valence-electron chi connectivity index (χ0n) is 7.18. The molecule has 16 heavy (non-hydrogen) atoms. The Labute approximate surface area is 134 Å². The van der Waals surface area contributed by atoms with Gasteiger partial charge in [0.25, 0.3) is 0 Å². The van der Waals surface area contributed by atoms with E-state index < -0.39 is 36.3 Å². The molecule has 0 spiro atoms. The second-order valence-corrected chi connectivity index (χ2v) is 4.53. The summed E-state index contributed by atoms with van der Waals surface area (Å²) in [5, 5.41) is 0. The Morgan fingerprint density at radius 1 is 0.875 bits per heavy atom. The Balaban J connectivity index is -0.0000000655. The molecule has 0 aliphatic heterocycles. The molecule has 0 saturated carbocycles. The maximum absolute atomic E-state index is 8.74. The van der Waals surface area contributed by atoms with Crippen LogP contribution in [0.1, 0.15) is 0 Å². The molecule has 16 heteroatoms. The van der Waals surface area contributed by atoms with Crippen LogP contribution in [0.25, 0.3) is 0 Å². The normalized spacial score (nSPS) is 10.8. The molecule has 0 aromatic heterocycles. The van der Waals surface area contributed by atoms with Crippen LogP contribution in [-0.4, -0.2) is 21.7 Å². The molecular weight excluding hydrogens is 373 g/mol. The Bertz CT molecular complexity index is 481. The molecule has 0 fully saturated rings. The molecule has 0 rings (SSSR count). The van der Waals surface area contributed by atoms with E-state index in [9.17, 15) is 0 Å². The van der Waals surface area contributed by atoms with E-state index in [4.69, 9.17) is 48.9 Å². The van der Waals surface area contributed by atoms with Crippen molar-refractivity contribution in [3.8, 4) is 0 Å². The first-order valence-corrected chi connectivity index (χ1v) is 7.25. The topological polar surface area (TPSA) is 220 Å². The Morgan fingerprint density at radius 3 is 0.875 bits per heavy atom. The van der Waals surface area contributed by atoms with Crippen molar-refractivity contribution in [2.75, 3.05) is 0 Å². The summed E-state index contributed by atoms with van der Waals surface area (Å²) in [6.45, 7) is 0. The minimum atomic E-state index is -5.62. The van der Waals surface area contributed by atoms with Crippen LogP contribution in [-0.2, 0) is 59.3 Å². The van der Waals surface area contributed by atoms with Crippen LogP contribution < -0.4 is 55.6 Å². The van der Waals surface area contributed by atoms with Gasteiger partial charge in [-0.1, -0.05) is 0 Å². The third-order valence-electron chi connectivity index (χ3n) is 0. The molecule has 0 bridgehead atoms. The van der Waals surface area contributed by atoms with Crippen molar-refractivity contribution in [2.24, 2.45) is 0 Å². The molecule has 0 atom stereocenters. The van der Waals surface area contributed by atoms with Crippen molar-refractivity contribution in [3.05, 3.63) is 0 Å².